The van der Waals surface area contributed by atoms with Gasteiger partial charge in [-0.15, -0.1) is 0 Å². The van der Waals surface area contributed by atoms with Crippen molar-refractivity contribution in [2.75, 3.05) is 13.1 Å². The summed E-state index contributed by atoms with van der Waals surface area (Å²) in [5, 5.41) is 0. The Morgan fingerprint density at radius 1 is 1.19 bits per heavy atom. The zero-order chi connectivity index (χ0) is 11.8. The van der Waals surface area contributed by atoms with Crippen LogP contribution in [-0.2, 0) is 12.7 Å². The lowest BCUT2D eigenvalue weighted by atomic mass is 10.1. The van der Waals surface area contributed by atoms with Gasteiger partial charge in [-0.05, 0) is 37.2 Å². The molecule has 0 unspecified atom stereocenters. The highest BCUT2D eigenvalue weighted by molar-refractivity contribution is 5.27. The molecule has 0 aliphatic carbocycles. The molecule has 1 heterocycles. The van der Waals surface area contributed by atoms with Crippen LogP contribution < -0.4 is 0 Å². The maximum Gasteiger partial charge on any atom is 0.419 e. The third-order valence-corrected chi connectivity index (χ3v) is 2.69. The second kappa shape index (κ2) is 4.05. The fourth-order valence-corrected chi connectivity index (χ4v) is 1.69. The first kappa shape index (κ1) is 11.4. The highest BCUT2D eigenvalue weighted by atomic mass is 19.4. The van der Waals surface area contributed by atoms with E-state index in [1.54, 1.807) is 0 Å². The monoisotopic (exact) mass is 233 g/mol. The molecule has 1 aromatic rings. The first-order valence-corrected chi connectivity index (χ1v) is 5.05. The van der Waals surface area contributed by atoms with Crippen molar-refractivity contribution in [2.45, 2.75) is 19.1 Å². The molecule has 2 rings (SSSR count). The standard InChI is InChI=1S/C11H11F4N/c12-10-3-2-8(7-16-4-1-5-16)6-9(10)11(13,14)15/h2-3,6H,1,4-5,7H2. The Hall–Kier alpha value is -1.10. The number of alkyl halides is 3. The van der Waals surface area contributed by atoms with Gasteiger partial charge in [0.2, 0.25) is 0 Å². The summed E-state index contributed by atoms with van der Waals surface area (Å²) in [6.07, 6.45) is -3.54. The molecule has 0 radical (unpaired) electrons. The van der Waals surface area contributed by atoms with E-state index in [0.717, 1.165) is 31.6 Å². The SMILES string of the molecule is Fc1ccc(CN2CCC2)cc1C(F)(F)F. The molecule has 0 amide bonds. The summed E-state index contributed by atoms with van der Waals surface area (Å²) in [4.78, 5) is 2.02. The molecule has 5 heteroatoms. The van der Waals surface area contributed by atoms with Crippen LogP contribution in [0.4, 0.5) is 17.6 Å². The van der Waals surface area contributed by atoms with Gasteiger partial charge in [-0.1, -0.05) is 6.07 Å². The number of hydrogen-bond acceptors (Lipinski definition) is 1. The molecule has 0 atom stereocenters. The molecule has 1 nitrogen and oxygen atoms in total. The lowest BCUT2D eigenvalue weighted by Gasteiger charge is -2.30. The van der Waals surface area contributed by atoms with E-state index in [4.69, 9.17) is 0 Å². The second-order valence-electron chi connectivity index (χ2n) is 3.94. The Balaban J connectivity index is 2.20. The summed E-state index contributed by atoms with van der Waals surface area (Å²) in [7, 11) is 0. The quantitative estimate of drug-likeness (QED) is 0.709. The van der Waals surface area contributed by atoms with E-state index in [2.05, 4.69) is 0 Å². The lowest BCUT2D eigenvalue weighted by molar-refractivity contribution is -0.140. The van der Waals surface area contributed by atoms with Crippen LogP contribution in [0.5, 0.6) is 0 Å². The summed E-state index contributed by atoms with van der Waals surface area (Å²) in [6, 6.07) is 3.19. The van der Waals surface area contributed by atoms with Gasteiger partial charge in [0, 0.05) is 6.54 Å². The van der Waals surface area contributed by atoms with E-state index in [1.165, 1.54) is 6.07 Å². The van der Waals surface area contributed by atoms with Gasteiger partial charge in [0.1, 0.15) is 5.82 Å². The fourth-order valence-electron chi connectivity index (χ4n) is 1.69. The Labute approximate surface area is 90.7 Å². The molecule has 0 N–H and O–H groups in total. The highest BCUT2D eigenvalue weighted by Gasteiger charge is 2.34. The van der Waals surface area contributed by atoms with E-state index in [-0.39, 0.29) is 0 Å². The molecule has 1 saturated heterocycles. The van der Waals surface area contributed by atoms with Crippen molar-refractivity contribution in [1.82, 2.24) is 4.90 Å². The molecule has 1 aliphatic rings. The third kappa shape index (κ3) is 2.35. The van der Waals surface area contributed by atoms with Crippen LogP contribution >= 0.6 is 0 Å². The van der Waals surface area contributed by atoms with Gasteiger partial charge >= 0.3 is 6.18 Å². The molecule has 1 aliphatic heterocycles. The zero-order valence-corrected chi connectivity index (χ0v) is 8.52. The van der Waals surface area contributed by atoms with Gasteiger partial charge in [0.15, 0.2) is 0 Å². The third-order valence-electron chi connectivity index (χ3n) is 2.69. The van der Waals surface area contributed by atoms with Gasteiger partial charge in [-0.2, -0.15) is 13.2 Å². The van der Waals surface area contributed by atoms with Crippen molar-refractivity contribution in [2.24, 2.45) is 0 Å². The molecule has 0 spiro atoms. The Morgan fingerprint density at radius 2 is 1.88 bits per heavy atom. The van der Waals surface area contributed by atoms with Crippen molar-refractivity contribution in [1.29, 1.82) is 0 Å². The van der Waals surface area contributed by atoms with Gasteiger partial charge in [-0.25, -0.2) is 4.39 Å². The lowest BCUT2D eigenvalue weighted by Crippen LogP contribution is -2.36. The summed E-state index contributed by atoms with van der Waals surface area (Å²) in [5.41, 5.74) is -0.668. The van der Waals surface area contributed by atoms with Gasteiger partial charge in [0.05, 0.1) is 5.56 Å². The van der Waals surface area contributed by atoms with Crippen LogP contribution in [0.1, 0.15) is 17.5 Å². The highest BCUT2D eigenvalue weighted by Crippen LogP contribution is 2.32. The number of halogens is 4. The van der Waals surface area contributed by atoms with E-state index < -0.39 is 17.6 Å². The summed E-state index contributed by atoms with van der Waals surface area (Å²) in [5.74, 6) is -1.21. The molecule has 88 valence electrons. The topological polar surface area (TPSA) is 3.24 Å². The van der Waals surface area contributed by atoms with Crippen LogP contribution in [0.25, 0.3) is 0 Å². The van der Waals surface area contributed by atoms with E-state index in [1.807, 2.05) is 4.90 Å². The minimum absolute atomic E-state index is 0.462. The molecule has 0 bridgehead atoms. The Morgan fingerprint density at radius 3 is 2.38 bits per heavy atom. The summed E-state index contributed by atoms with van der Waals surface area (Å²) < 4.78 is 50.2. The number of likely N-dealkylation sites (tertiary alicyclic amines) is 1. The first-order valence-electron chi connectivity index (χ1n) is 5.05. The van der Waals surface area contributed by atoms with Crippen molar-refractivity contribution in [3.63, 3.8) is 0 Å². The van der Waals surface area contributed by atoms with Crippen LogP contribution in [0.3, 0.4) is 0 Å². The Kier molecular flexibility index (Phi) is 2.88. The Bertz CT molecular complexity index is 382. The van der Waals surface area contributed by atoms with Crippen LogP contribution in [0.15, 0.2) is 18.2 Å². The van der Waals surface area contributed by atoms with Crippen LogP contribution in [-0.4, -0.2) is 18.0 Å². The average Bonchev–Trinajstić information content (AvgIpc) is 2.12. The van der Waals surface area contributed by atoms with Crippen molar-refractivity contribution >= 4 is 0 Å². The van der Waals surface area contributed by atoms with Crippen molar-refractivity contribution in [3.05, 3.63) is 35.1 Å². The van der Waals surface area contributed by atoms with E-state index in [0.29, 0.717) is 12.1 Å². The normalized spacial score (nSPS) is 17.2. The molecule has 16 heavy (non-hydrogen) atoms. The van der Waals surface area contributed by atoms with Crippen molar-refractivity contribution < 1.29 is 17.6 Å². The van der Waals surface area contributed by atoms with Crippen molar-refractivity contribution in [3.8, 4) is 0 Å². The molecule has 0 aromatic heterocycles. The maximum atomic E-state index is 13.0. The smallest absolute Gasteiger partial charge is 0.299 e. The van der Waals surface area contributed by atoms with Gasteiger partial charge in [-0.3, -0.25) is 4.90 Å². The predicted molar refractivity (Wildman–Crippen MR) is 51.3 cm³/mol. The minimum atomic E-state index is -4.62. The molecule has 1 aromatic carbocycles. The number of hydrogen-bond donors (Lipinski definition) is 0. The summed E-state index contributed by atoms with van der Waals surface area (Å²) >= 11 is 0. The van der Waals surface area contributed by atoms with Gasteiger partial charge in [0.25, 0.3) is 0 Å². The number of rotatable bonds is 2. The molecular formula is C11H11F4N. The first-order chi connectivity index (χ1) is 7.47. The molecule has 1 fully saturated rings. The van der Waals surface area contributed by atoms with E-state index >= 15 is 0 Å². The fraction of sp³-hybridized carbons (Fsp3) is 0.455. The average molecular weight is 233 g/mol. The second-order valence-corrected chi connectivity index (χ2v) is 3.94. The maximum absolute atomic E-state index is 13.0. The number of nitrogens with zero attached hydrogens (tertiary/aromatic N) is 1. The van der Waals surface area contributed by atoms with E-state index in [9.17, 15) is 17.6 Å². The minimum Gasteiger partial charge on any atom is -0.299 e. The molecule has 0 saturated carbocycles. The summed E-state index contributed by atoms with van der Waals surface area (Å²) in [6.45, 7) is 2.26. The molecular weight excluding hydrogens is 222 g/mol. The zero-order valence-electron chi connectivity index (χ0n) is 8.52. The predicted octanol–water partition coefficient (Wildman–Crippen LogP) is 3.05. The number of benzene rings is 1. The van der Waals surface area contributed by atoms with Gasteiger partial charge < -0.3 is 0 Å². The van der Waals surface area contributed by atoms with Crippen LogP contribution in [0, 0.1) is 5.82 Å². The van der Waals surface area contributed by atoms with Crippen LogP contribution in [0.2, 0.25) is 0 Å². The largest absolute Gasteiger partial charge is 0.419 e.